The molecule has 0 spiro atoms. The summed E-state index contributed by atoms with van der Waals surface area (Å²) >= 11 is 0. The van der Waals surface area contributed by atoms with Crippen molar-refractivity contribution in [1.82, 2.24) is 25.2 Å². The number of hydrogen-bond acceptors (Lipinski definition) is 6. The van der Waals surface area contributed by atoms with E-state index in [9.17, 15) is 0 Å². The van der Waals surface area contributed by atoms with Crippen molar-refractivity contribution in [2.24, 2.45) is 0 Å². The fourth-order valence-corrected chi connectivity index (χ4v) is 3.05. The monoisotopic (exact) mass is 313 g/mol. The lowest BCUT2D eigenvalue weighted by Gasteiger charge is -2.32. The van der Waals surface area contributed by atoms with Crippen molar-refractivity contribution in [2.45, 2.75) is 25.6 Å². The number of nitrogens with zero attached hydrogens (tertiary/aromatic N) is 4. The van der Waals surface area contributed by atoms with Crippen molar-refractivity contribution in [2.75, 3.05) is 20.1 Å². The van der Waals surface area contributed by atoms with Crippen molar-refractivity contribution in [3.63, 3.8) is 0 Å². The number of benzene rings is 1. The van der Waals surface area contributed by atoms with Crippen molar-refractivity contribution in [1.29, 1.82) is 0 Å². The van der Waals surface area contributed by atoms with Crippen molar-refractivity contribution in [3.8, 4) is 0 Å². The van der Waals surface area contributed by atoms with E-state index in [-0.39, 0.29) is 12.2 Å². The highest BCUT2D eigenvalue weighted by atomic mass is 16.5. The van der Waals surface area contributed by atoms with Crippen molar-refractivity contribution < 1.29 is 9.26 Å². The summed E-state index contributed by atoms with van der Waals surface area (Å²) in [5.41, 5.74) is 2.13. The predicted molar refractivity (Wildman–Crippen MR) is 84.0 cm³/mol. The number of H-pyrrole nitrogens is 1. The molecule has 2 atom stereocenters. The fraction of sp³-hybridized carbons (Fsp3) is 0.438. The van der Waals surface area contributed by atoms with E-state index in [4.69, 9.17) is 9.26 Å². The van der Waals surface area contributed by atoms with Gasteiger partial charge in [-0.2, -0.15) is 10.1 Å². The third-order valence-corrected chi connectivity index (χ3v) is 4.07. The Kier molecular flexibility index (Phi) is 3.59. The first-order valence-electron chi connectivity index (χ1n) is 7.76. The minimum absolute atomic E-state index is 0.153. The Balaban J connectivity index is 1.51. The van der Waals surface area contributed by atoms with Gasteiger partial charge in [0.2, 0.25) is 0 Å². The van der Waals surface area contributed by atoms with Crippen LogP contribution in [0.15, 0.2) is 28.9 Å². The number of aromatic nitrogens is 4. The van der Waals surface area contributed by atoms with Crippen LogP contribution in [0.5, 0.6) is 0 Å². The van der Waals surface area contributed by atoms with Crippen LogP contribution in [-0.2, 0) is 11.2 Å². The molecule has 3 aromatic rings. The van der Waals surface area contributed by atoms with E-state index in [0.717, 1.165) is 29.6 Å². The van der Waals surface area contributed by atoms with Gasteiger partial charge in [-0.05, 0) is 25.6 Å². The lowest BCUT2D eigenvalue weighted by Crippen LogP contribution is -2.40. The van der Waals surface area contributed by atoms with Crippen LogP contribution in [0.2, 0.25) is 0 Å². The molecular formula is C16H19N5O2. The van der Waals surface area contributed by atoms with Crippen LogP contribution in [0, 0.1) is 0 Å². The number of ether oxygens (including phenoxy) is 1. The van der Waals surface area contributed by atoms with Gasteiger partial charge in [-0.25, -0.2) is 0 Å². The van der Waals surface area contributed by atoms with Gasteiger partial charge in [0.1, 0.15) is 6.10 Å². The summed E-state index contributed by atoms with van der Waals surface area (Å²) in [6.45, 7) is 3.74. The normalized spacial score (nSPS) is 22.7. The van der Waals surface area contributed by atoms with Crippen LogP contribution in [-0.4, -0.2) is 51.5 Å². The lowest BCUT2D eigenvalue weighted by molar-refractivity contribution is -0.0838. The zero-order chi connectivity index (χ0) is 15.8. The molecule has 1 aliphatic heterocycles. The van der Waals surface area contributed by atoms with Crippen LogP contribution < -0.4 is 0 Å². The Bertz CT molecular complexity index is 802. The van der Waals surface area contributed by atoms with Crippen molar-refractivity contribution >= 4 is 10.9 Å². The lowest BCUT2D eigenvalue weighted by atomic mass is 10.1. The third-order valence-electron chi connectivity index (χ3n) is 4.07. The zero-order valence-corrected chi connectivity index (χ0v) is 13.2. The molecule has 3 heterocycles. The van der Waals surface area contributed by atoms with E-state index in [2.05, 4.69) is 51.3 Å². The first-order valence-corrected chi connectivity index (χ1v) is 7.76. The maximum Gasteiger partial charge on any atom is 0.257 e. The molecule has 1 fully saturated rings. The van der Waals surface area contributed by atoms with Gasteiger partial charge in [0.05, 0.1) is 17.8 Å². The van der Waals surface area contributed by atoms with Gasteiger partial charge in [-0.15, -0.1) is 0 Å². The standard InChI is InChI=1S/C16H19N5O2/c1-10-8-21(2)9-14(22-10)16-18-15(20-23-16)6-11-3-4-12-7-17-19-13(12)5-11/h3-5,7,10,14H,6,8-9H2,1-2H3,(H,17,19)/t10-,14-/m1/s1. The fourth-order valence-electron chi connectivity index (χ4n) is 3.05. The maximum atomic E-state index is 5.90. The molecule has 7 heteroatoms. The molecule has 7 nitrogen and oxygen atoms in total. The minimum Gasteiger partial charge on any atom is -0.363 e. The summed E-state index contributed by atoms with van der Waals surface area (Å²) in [6, 6.07) is 6.15. The van der Waals surface area contributed by atoms with Gasteiger partial charge in [0.15, 0.2) is 5.82 Å². The number of nitrogens with one attached hydrogen (secondary N) is 1. The smallest absolute Gasteiger partial charge is 0.257 e. The molecule has 120 valence electrons. The summed E-state index contributed by atoms with van der Waals surface area (Å²) in [5, 5.41) is 12.2. The van der Waals surface area contributed by atoms with Gasteiger partial charge in [-0.1, -0.05) is 17.3 Å². The number of likely N-dealkylation sites (N-methyl/N-ethyl adjacent to an activating group) is 1. The van der Waals surface area contributed by atoms with Crippen LogP contribution in [0.3, 0.4) is 0 Å². The van der Waals surface area contributed by atoms with E-state index >= 15 is 0 Å². The number of morpholine rings is 1. The molecule has 0 radical (unpaired) electrons. The second-order valence-corrected chi connectivity index (χ2v) is 6.17. The summed E-state index contributed by atoms with van der Waals surface area (Å²) in [6.07, 6.45) is 2.44. The summed E-state index contributed by atoms with van der Waals surface area (Å²) in [7, 11) is 2.07. The molecule has 2 aromatic heterocycles. The quantitative estimate of drug-likeness (QED) is 0.796. The first kappa shape index (κ1) is 14.3. The number of hydrogen-bond donors (Lipinski definition) is 1. The van der Waals surface area contributed by atoms with Gasteiger partial charge in [0.25, 0.3) is 5.89 Å². The first-order chi connectivity index (χ1) is 11.2. The molecule has 1 aromatic carbocycles. The van der Waals surface area contributed by atoms with Gasteiger partial charge in [-0.3, -0.25) is 5.10 Å². The molecular weight excluding hydrogens is 294 g/mol. The van der Waals surface area contributed by atoms with Gasteiger partial charge >= 0.3 is 0 Å². The summed E-state index contributed by atoms with van der Waals surface area (Å²) in [4.78, 5) is 6.73. The summed E-state index contributed by atoms with van der Waals surface area (Å²) in [5.74, 6) is 1.23. The number of fused-ring (bicyclic) bond motifs is 1. The Morgan fingerprint density at radius 1 is 1.35 bits per heavy atom. The van der Waals surface area contributed by atoms with Crippen LogP contribution in [0.4, 0.5) is 0 Å². The predicted octanol–water partition coefficient (Wildman–Crippen LogP) is 1.93. The number of rotatable bonds is 3. The average Bonchev–Trinajstić information content (AvgIpc) is 3.14. The highest BCUT2D eigenvalue weighted by Gasteiger charge is 2.28. The van der Waals surface area contributed by atoms with E-state index in [1.807, 2.05) is 12.3 Å². The third kappa shape index (κ3) is 2.97. The van der Waals surface area contributed by atoms with E-state index in [0.29, 0.717) is 18.1 Å². The Morgan fingerprint density at radius 2 is 2.26 bits per heavy atom. The van der Waals surface area contributed by atoms with Crippen LogP contribution in [0.1, 0.15) is 30.3 Å². The second-order valence-electron chi connectivity index (χ2n) is 6.17. The van der Waals surface area contributed by atoms with E-state index in [1.54, 1.807) is 0 Å². The highest BCUT2D eigenvalue weighted by Crippen LogP contribution is 2.23. The highest BCUT2D eigenvalue weighted by molar-refractivity contribution is 5.78. The topological polar surface area (TPSA) is 80.1 Å². The van der Waals surface area contributed by atoms with E-state index in [1.165, 1.54) is 0 Å². The zero-order valence-electron chi connectivity index (χ0n) is 13.2. The SMILES string of the molecule is C[C@@H]1CN(C)C[C@H](c2nc(Cc3ccc4cn[nH]c4c3)no2)O1. The van der Waals surface area contributed by atoms with Crippen LogP contribution in [0.25, 0.3) is 10.9 Å². The largest absolute Gasteiger partial charge is 0.363 e. The molecule has 23 heavy (non-hydrogen) atoms. The average molecular weight is 313 g/mol. The van der Waals surface area contributed by atoms with Gasteiger partial charge < -0.3 is 14.2 Å². The molecule has 0 amide bonds. The summed E-state index contributed by atoms with van der Waals surface area (Å²) < 4.78 is 11.3. The molecule has 0 saturated carbocycles. The molecule has 0 unspecified atom stereocenters. The molecule has 0 bridgehead atoms. The number of aromatic amines is 1. The second kappa shape index (κ2) is 5.75. The molecule has 1 saturated heterocycles. The molecule has 4 rings (SSSR count). The molecule has 1 N–H and O–H groups in total. The Labute approximate surface area is 133 Å². The molecule has 1 aliphatic rings. The Morgan fingerprint density at radius 3 is 3.13 bits per heavy atom. The van der Waals surface area contributed by atoms with Gasteiger partial charge in [0, 0.05) is 24.9 Å². The molecule has 0 aliphatic carbocycles. The van der Waals surface area contributed by atoms with Crippen LogP contribution >= 0.6 is 0 Å². The maximum absolute atomic E-state index is 5.90. The van der Waals surface area contributed by atoms with Crippen molar-refractivity contribution in [3.05, 3.63) is 41.7 Å². The minimum atomic E-state index is -0.153. The Hall–Kier alpha value is -2.25. The van der Waals surface area contributed by atoms with E-state index < -0.39 is 0 Å².